The number of furan rings is 1. The summed E-state index contributed by atoms with van der Waals surface area (Å²) in [6.45, 7) is 0. The van der Waals surface area contributed by atoms with Crippen LogP contribution >= 0.6 is 0 Å². The van der Waals surface area contributed by atoms with Crippen LogP contribution in [0.1, 0.15) is 11.3 Å². The van der Waals surface area contributed by atoms with Crippen LogP contribution in [0.2, 0.25) is 0 Å². The third-order valence-corrected chi connectivity index (χ3v) is 3.47. The number of aromatic nitrogens is 1. The predicted molar refractivity (Wildman–Crippen MR) is 94.6 cm³/mol. The van der Waals surface area contributed by atoms with E-state index < -0.39 is 4.92 Å². The molecule has 2 aromatic heterocycles. The van der Waals surface area contributed by atoms with Crippen LogP contribution in [0.15, 0.2) is 47.1 Å². The maximum Gasteiger partial charge on any atom is 0.322 e. The molecule has 2 heterocycles. The molecule has 3 rings (SSSR count). The molecule has 1 aromatic carbocycles. The molecule has 0 atom stereocenters. The molecule has 0 aliphatic carbocycles. The van der Waals surface area contributed by atoms with Gasteiger partial charge in [0.2, 0.25) is 11.6 Å². The van der Waals surface area contributed by atoms with Gasteiger partial charge < -0.3 is 14.1 Å². The minimum absolute atomic E-state index is 0.133. The zero-order chi connectivity index (χ0) is 18.7. The number of hydrogen-bond acceptors (Lipinski definition) is 7. The number of nitriles is 1. The molecule has 0 amide bonds. The Hall–Kier alpha value is -3.86. The third kappa shape index (κ3) is 3.32. The normalized spacial score (nSPS) is 10.8. The van der Waals surface area contributed by atoms with Gasteiger partial charge in [-0.2, -0.15) is 5.26 Å². The van der Waals surface area contributed by atoms with Gasteiger partial charge in [-0.1, -0.05) is 0 Å². The Morgan fingerprint density at radius 3 is 2.88 bits per heavy atom. The van der Waals surface area contributed by atoms with Crippen molar-refractivity contribution in [1.29, 1.82) is 5.26 Å². The van der Waals surface area contributed by atoms with Crippen molar-refractivity contribution < 1.29 is 14.1 Å². The van der Waals surface area contributed by atoms with Crippen LogP contribution in [0.4, 0.5) is 5.69 Å². The Kier molecular flexibility index (Phi) is 4.53. The van der Waals surface area contributed by atoms with E-state index in [1.165, 1.54) is 18.3 Å². The van der Waals surface area contributed by atoms with Crippen molar-refractivity contribution >= 4 is 22.7 Å². The summed E-state index contributed by atoms with van der Waals surface area (Å²) in [6, 6.07) is 9.87. The molecule has 0 aliphatic rings. The largest absolute Gasteiger partial charge is 0.449 e. The highest BCUT2D eigenvalue weighted by Gasteiger charge is 2.23. The lowest BCUT2D eigenvalue weighted by atomic mass is 10.2. The van der Waals surface area contributed by atoms with Gasteiger partial charge in [-0.3, -0.25) is 10.1 Å². The van der Waals surface area contributed by atoms with Gasteiger partial charge in [-0.25, -0.2) is 4.98 Å². The first-order valence-corrected chi connectivity index (χ1v) is 7.58. The molecule has 8 heteroatoms. The van der Waals surface area contributed by atoms with E-state index in [1.807, 2.05) is 6.07 Å². The summed E-state index contributed by atoms with van der Waals surface area (Å²) in [5.41, 5.74) is 0.484. The van der Waals surface area contributed by atoms with E-state index in [4.69, 9.17) is 14.4 Å². The SMILES string of the molecule is CN(C)/C=C/c1oc2ccc(Oc3ncccc3C#N)cc2c1[N+](=O)[O-]. The molecule has 0 N–H and O–H groups in total. The fourth-order valence-electron chi connectivity index (χ4n) is 2.33. The average Bonchev–Trinajstić information content (AvgIpc) is 2.98. The molecule has 0 radical (unpaired) electrons. The van der Waals surface area contributed by atoms with Crippen molar-refractivity contribution in [2.45, 2.75) is 0 Å². The fourth-order valence-corrected chi connectivity index (χ4v) is 2.33. The van der Waals surface area contributed by atoms with Crippen LogP contribution in [0.3, 0.4) is 0 Å². The van der Waals surface area contributed by atoms with Gasteiger partial charge in [0.05, 0.1) is 4.92 Å². The van der Waals surface area contributed by atoms with E-state index in [9.17, 15) is 10.1 Å². The van der Waals surface area contributed by atoms with E-state index in [-0.39, 0.29) is 22.9 Å². The number of benzene rings is 1. The highest BCUT2D eigenvalue weighted by molar-refractivity contribution is 5.92. The van der Waals surface area contributed by atoms with Gasteiger partial charge in [0.15, 0.2) is 0 Å². The fraction of sp³-hybridized carbons (Fsp3) is 0.111. The summed E-state index contributed by atoms with van der Waals surface area (Å²) in [4.78, 5) is 16.8. The van der Waals surface area contributed by atoms with Gasteiger partial charge in [-0.05, 0) is 30.3 Å². The average molecular weight is 350 g/mol. The van der Waals surface area contributed by atoms with Crippen LogP contribution < -0.4 is 4.74 Å². The van der Waals surface area contributed by atoms with Gasteiger partial charge in [-0.15, -0.1) is 0 Å². The quantitative estimate of drug-likeness (QED) is 0.507. The molecule has 0 fully saturated rings. The van der Waals surface area contributed by atoms with Gasteiger partial charge >= 0.3 is 5.69 Å². The van der Waals surface area contributed by atoms with E-state index in [2.05, 4.69) is 4.98 Å². The van der Waals surface area contributed by atoms with Crippen LogP contribution in [0, 0.1) is 21.4 Å². The Labute approximate surface area is 148 Å². The number of rotatable bonds is 5. The minimum Gasteiger partial charge on any atom is -0.449 e. The Bertz CT molecular complexity index is 1050. The lowest BCUT2D eigenvalue weighted by Gasteiger charge is -2.05. The number of nitro groups is 1. The van der Waals surface area contributed by atoms with Crippen molar-refractivity contribution in [2.24, 2.45) is 0 Å². The van der Waals surface area contributed by atoms with Crippen LogP contribution in [0.25, 0.3) is 17.0 Å². The van der Waals surface area contributed by atoms with Crippen molar-refractivity contribution in [3.63, 3.8) is 0 Å². The predicted octanol–water partition coefficient (Wildman–Crippen LogP) is 3.93. The van der Waals surface area contributed by atoms with Crippen LogP contribution in [-0.4, -0.2) is 28.9 Å². The number of pyridine rings is 1. The first-order chi connectivity index (χ1) is 12.5. The van der Waals surface area contributed by atoms with E-state index >= 15 is 0 Å². The molecule has 0 spiro atoms. The molecule has 0 unspecified atom stereocenters. The molecule has 8 nitrogen and oxygen atoms in total. The topological polar surface area (TPSA) is 105 Å². The second-order valence-electron chi connectivity index (χ2n) is 5.58. The Balaban J connectivity index is 2.06. The Morgan fingerprint density at radius 2 is 2.19 bits per heavy atom. The van der Waals surface area contributed by atoms with Crippen LogP contribution in [-0.2, 0) is 0 Å². The van der Waals surface area contributed by atoms with Crippen molar-refractivity contribution in [3.05, 3.63) is 64.2 Å². The van der Waals surface area contributed by atoms with E-state index in [1.54, 1.807) is 49.5 Å². The second kappa shape index (κ2) is 6.94. The molecule has 0 aliphatic heterocycles. The summed E-state index contributed by atoms with van der Waals surface area (Å²) in [6.07, 6.45) is 4.69. The first kappa shape index (κ1) is 17.0. The Morgan fingerprint density at radius 1 is 1.38 bits per heavy atom. The number of ether oxygens (including phenoxy) is 1. The summed E-state index contributed by atoms with van der Waals surface area (Å²) in [7, 11) is 3.60. The number of fused-ring (bicyclic) bond motifs is 1. The lowest BCUT2D eigenvalue weighted by Crippen LogP contribution is -1.99. The summed E-state index contributed by atoms with van der Waals surface area (Å²) < 4.78 is 11.2. The summed E-state index contributed by atoms with van der Waals surface area (Å²) >= 11 is 0. The minimum atomic E-state index is -0.494. The molecule has 0 bridgehead atoms. The third-order valence-electron chi connectivity index (χ3n) is 3.47. The smallest absolute Gasteiger partial charge is 0.322 e. The first-order valence-electron chi connectivity index (χ1n) is 7.58. The molecule has 26 heavy (non-hydrogen) atoms. The second-order valence-corrected chi connectivity index (χ2v) is 5.58. The molecule has 3 aromatic rings. The highest BCUT2D eigenvalue weighted by Crippen LogP contribution is 2.37. The summed E-state index contributed by atoms with van der Waals surface area (Å²) in [5.74, 6) is 0.597. The lowest BCUT2D eigenvalue weighted by molar-refractivity contribution is -0.383. The number of hydrogen-bond donors (Lipinski definition) is 0. The molecular formula is C18H14N4O4. The zero-order valence-corrected chi connectivity index (χ0v) is 14.0. The van der Waals surface area contributed by atoms with Crippen molar-refractivity contribution in [2.75, 3.05) is 14.1 Å². The molecule has 130 valence electrons. The highest BCUT2D eigenvalue weighted by atomic mass is 16.6. The van der Waals surface area contributed by atoms with E-state index in [0.29, 0.717) is 16.7 Å². The van der Waals surface area contributed by atoms with Crippen molar-refractivity contribution in [1.82, 2.24) is 9.88 Å². The standard InChI is InChI=1S/C18H14N4O4/c1-21(2)9-7-16-17(22(23)24)14-10-13(5-6-15(14)26-16)25-18-12(11-19)4-3-8-20-18/h3-10H,1-2H3/b9-7+. The maximum absolute atomic E-state index is 11.5. The molecule has 0 saturated heterocycles. The molecular weight excluding hydrogens is 336 g/mol. The molecule has 0 saturated carbocycles. The zero-order valence-electron chi connectivity index (χ0n) is 14.0. The van der Waals surface area contributed by atoms with Gasteiger partial charge in [0.1, 0.15) is 28.4 Å². The maximum atomic E-state index is 11.5. The van der Waals surface area contributed by atoms with Gasteiger partial charge in [0.25, 0.3) is 0 Å². The monoisotopic (exact) mass is 350 g/mol. The van der Waals surface area contributed by atoms with E-state index in [0.717, 1.165) is 0 Å². The van der Waals surface area contributed by atoms with Crippen molar-refractivity contribution in [3.8, 4) is 17.7 Å². The number of nitrogens with zero attached hydrogens (tertiary/aromatic N) is 4. The van der Waals surface area contributed by atoms with Gasteiger partial charge in [0, 0.05) is 32.6 Å². The van der Waals surface area contributed by atoms with Crippen LogP contribution in [0.5, 0.6) is 11.6 Å². The summed E-state index contributed by atoms with van der Waals surface area (Å²) in [5, 5.41) is 20.9.